The Morgan fingerprint density at radius 2 is 1.92 bits per heavy atom. The number of ether oxygens (including phenoxy) is 3. The van der Waals surface area contributed by atoms with Crippen molar-refractivity contribution in [3.05, 3.63) is 59.7 Å². The topological polar surface area (TPSA) is 39.7 Å². The van der Waals surface area contributed by atoms with Gasteiger partial charge in [0.15, 0.2) is 11.5 Å². The number of nitrogens with one attached hydrogen (secondary N) is 1. The van der Waals surface area contributed by atoms with E-state index in [1.807, 2.05) is 31.2 Å². The largest absolute Gasteiger partial charge is 0.490 e. The van der Waals surface area contributed by atoms with E-state index in [0.717, 1.165) is 43.2 Å². The van der Waals surface area contributed by atoms with E-state index in [-0.39, 0.29) is 0 Å². The Labute approximate surface area is 150 Å². The maximum Gasteiger partial charge on any atom is 0.161 e. The maximum absolute atomic E-state index is 5.95. The highest BCUT2D eigenvalue weighted by atomic mass is 16.5. The quantitative estimate of drug-likeness (QED) is 0.750. The maximum atomic E-state index is 5.95. The molecule has 1 aliphatic rings. The zero-order valence-corrected chi connectivity index (χ0v) is 14.9. The minimum atomic E-state index is 0.361. The highest BCUT2D eigenvalue weighted by Crippen LogP contribution is 2.29. The van der Waals surface area contributed by atoms with Crippen LogP contribution >= 0.6 is 0 Å². The second kappa shape index (κ2) is 9.44. The van der Waals surface area contributed by atoms with Crippen LogP contribution in [0.5, 0.6) is 11.5 Å². The summed E-state index contributed by atoms with van der Waals surface area (Å²) in [6.07, 6.45) is 2.69. The van der Waals surface area contributed by atoms with E-state index in [1.165, 1.54) is 12.0 Å². The van der Waals surface area contributed by atoms with Crippen LogP contribution in [0.1, 0.15) is 30.9 Å². The smallest absolute Gasteiger partial charge is 0.161 e. The molecule has 0 spiro atoms. The summed E-state index contributed by atoms with van der Waals surface area (Å²) in [7, 11) is 0. The van der Waals surface area contributed by atoms with Crippen LogP contribution in [0.4, 0.5) is 0 Å². The molecule has 1 fully saturated rings. The Morgan fingerprint density at radius 1 is 1.04 bits per heavy atom. The van der Waals surface area contributed by atoms with Gasteiger partial charge in [0, 0.05) is 19.7 Å². The summed E-state index contributed by atoms with van der Waals surface area (Å²) < 4.78 is 17.4. The summed E-state index contributed by atoms with van der Waals surface area (Å²) in [5.41, 5.74) is 2.33. The first-order valence-corrected chi connectivity index (χ1v) is 9.10. The van der Waals surface area contributed by atoms with Crippen molar-refractivity contribution in [2.24, 2.45) is 0 Å². The summed E-state index contributed by atoms with van der Waals surface area (Å²) in [6.45, 7) is 5.75. The van der Waals surface area contributed by atoms with E-state index >= 15 is 0 Å². The molecule has 134 valence electrons. The van der Waals surface area contributed by atoms with Crippen molar-refractivity contribution < 1.29 is 14.2 Å². The summed E-state index contributed by atoms with van der Waals surface area (Å²) in [4.78, 5) is 0. The second-order valence-corrected chi connectivity index (χ2v) is 6.25. The van der Waals surface area contributed by atoms with Crippen LogP contribution < -0.4 is 14.8 Å². The fourth-order valence-electron chi connectivity index (χ4n) is 2.97. The van der Waals surface area contributed by atoms with Crippen LogP contribution in [0.15, 0.2) is 48.5 Å². The van der Waals surface area contributed by atoms with Crippen molar-refractivity contribution in [3.63, 3.8) is 0 Å². The third-order valence-electron chi connectivity index (χ3n) is 4.27. The van der Waals surface area contributed by atoms with Gasteiger partial charge in [-0.05, 0) is 43.0 Å². The predicted molar refractivity (Wildman–Crippen MR) is 99.1 cm³/mol. The van der Waals surface area contributed by atoms with Gasteiger partial charge in [-0.25, -0.2) is 0 Å². The number of benzene rings is 2. The first kappa shape index (κ1) is 17.8. The first-order chi connectivity index (χ1) is 12.3. The van der Waals surface area contributed by atoms with Gasteiger partial charge < -0.3 is 19.5 Å². The molecule has 0 saturated carbocycles. The van der Waals surface area contributed by atoms with Crippen molar-refractivity contribution in [1.82, 2.24) is 5.32 Å². The monoisotopic (exact) mass is 341 g/mol. The lowest BCUT2D eigenvalue weighted by Crippen LogP contribution is -2.25. The summed E-state index contributed by atoms with van der Waals surface area (Å²) in [5, 5.41) is 3.47. The minimum absolute atomic E-state index is 0.361. The lowest BCUT2D eigenvalue weighted by molar-refractivity contribution is 0.110. The highest BCUT2D eigenvalue weighted by molar-refractivity contribution is 5.43. The second-order valence-electron chi connectivity index (χ2n) is 6.25. The Balaban J connectivity index is 1.57. The van der Waals surface area contributed by atoms with Crippen LogP contribution in [0.3, 0.4) is 0 Å². The molecule has 1 heterocycles. The van der Waals surface area contributed by atoms with Crippen LogP contribution in [0.25, 0.3) is 0 Å². The van der Waals surface area contributed by atoms with Crippen LogP contribution in [0, 0.1) is 0 Å². The van der Waals surface area contributed by atoms with E-state index in [1.54, 1.807) is 0 Å². The molecule has 1 N–H and O–H groups in total. The summed E-state index contributed by atoms with van der Waals surface area (Å²) in [5.74, 6) is 1.59. The van der Waals surface area contributed by atoms with Gasteiger partial charge in [-0.3, -0.25) is 0 Å². The molecule has 1 saturated heterocycles. The van der Waals surface area contributed by atoms with Crippen molar-refractivity contribution in [2.75, 3.05) is 19.8 Å². The molecular formula is C21H27NO3. The SMILES string of the molecule is CCOc1cc(CNC[C@H]2CCCO2)ccc1OCc1ccccc1. The third kappa shape index (κ3) is 5.48. The molecule has 4 nitrogen and oxygen atoms in total. The van der Waals surface area contributed by atoms with Gasteiger partial charge >= 0.3 is 0 Å². The molecule has 4 heteroatoms. The van der Waals surface area contributed by atoms with Crippen molar-refractivity contribution in [1.29, 1.82) is 0 Å². The molecular weight excluding hydrogens is 314 g/mol. The molecule has 3 rings (SSSR count). The number of hydrogen-bond donors (Lipinski definition) is 1. The molecule has 0 aromatic heterocycles. The average molecular weight is 341 g/mol. The fraction of sp³-hybridized carbons (Fsp3) is 0.429. The Kier molecular flexibility index (Phi) is 6.71. The third-order valence-corrected chi connectivity index (χ3v) is 4.27. The van der Waals surface area contributed by atoms with Gasteiger partial charge in [-0.2, -0.15) is 0 Å². The van der Waals surface area contributed by atoms with Gasteiger partial charge in [-0.15, -0.1) is 0 Å². The van der Waals surface area contributed by atoms with Crippen molar-refractivity contribution >= 4 is 0 Å². The van der Waals surface area contributed by atoms with Gasteiger partial charge in [0.1, 0.15) is 6.61 Å². The molecule has 25 heavy (non-hydrogen) atoms. The Hall–Kier alpha value is -2.04. The van der Waals surface area contributed by atoms with E-state index < -0.39 is 0 Å². The van der Waals surface area contributed by atoms with Crippen molar-refractivity contribution in [2.45, 2.75) is 39.0 Å². The Bertz CT molecular complexity index is 639. The predicted octanol–water partition coefficient (Wildman–Crippen LogP) is 3.93. The van der Waals surface area contributed by atoms with E-state index in [2.05, 4.69) is 29.6 Å². The lowest BCUT2D eigenvalue weighted by Gasteiger charge is -2.15. The zero-order valence-electron chi connectivity index (χ0n) is 14.9. The van der Waals surface area contributed by atoms with Crippen molar-refractivity contribution in [3.8, 4) is 11.5 Å². The molecule has 1 atom stereocenters. The molecule has 0 unspecified atom stereocenters. The van der Waals surface area contributed by atoms with Crippen LogP contribution in [-0.4, -0.2) is 25.9 Å². The summed E-state index contributed by atoms with van der Waals surface area (Å²) >= 11 is 0. The van der Waals surface area contributed by atoms with Gasteiger partial charge in [0.05, 0.1) is 12.7 Å². The standard InChI is InChI=1S/C21H27NO3/c1-2-23-21-13-18(14-22-15-19-9-6-12-24-19)10-11-20(21)25-16-17-7-4-3-5-8-17/h3-5,7-8,10-11,13,19,22H,2,6,9,12,14-16H2,1H3/t19-/m1/s1. The average Bonchev–Trinajstić information content (AvgIpc) is 3.16. The zero-order chi connectivity index (χ0) is 17.3. The molecule has 1 aliphatic heterocycles. The first-order valence-electron chi connectivity index (χ1n) is 9.10. The van der Waals surface area contributed by atoms with Crippen LogP contribution in [0.2, 0.25) is 0 Å². The van der Waals surface area contributed by atoms with E-state index in [4.69, 9.17) is 14.2 Å². The van der Waals surface area contributed by atoms with Gasteiger partial charge in [0.25, 0.3) is 0 Å². The number of hydrogen-bond acceptors (Lipinski definition) is 4. The minimum Gasteiger partial charge on any atom is -0.490 e. The fourth-order valence-corrected chi connectivity index (χ4v) is 2.97. The van der Waals surface area contributed by atoms with Gasteiger partial charge in [0.2, 0.25) is 0 Å². The molecule has 2 aromatic carbocycles. The normalized spacial score (nSPS) is 16.8. The molecule has 0 aliphatic carbocycles. The molecule has 0 amide bonds. The van der Waals surface area contributed by atoms with Crippen LogP contribution in [-0.2, 0) is 17.9 Å². The molecule has 0 radical (unpaired) electrons. The summed E-state index contributed by atoms with van der Waals surface area (Å²) in [6, 6.07) is 16.3. The highest BCUT2D eigenvalue weighted by Gasteiger charge is 2.14. The van der Waals surface area contributed by atoms with E-state index in [0.29, 0.717) is 19.3 Å². The molecule has 2 aromatic rings. The Morgan fingerprint density at radius 3 is 2.68 bits per heavy atom. The van der Waals surface area contributed by atoms with Gasteiger partial charge in [-0.1, -0.05) is 36.4 Å². The number of rotatable bonds is 9. The van der Waals surface area contributed by atoms with E-state index in [9.17, 15) is 0 Å². The lowest BCUT2D eigenvalue weighted by atomic mass is 10.2. The molecule has 0 bridgehead atoms.